The smallest absolute Gasteiger partial charge is 0.244 e. The second-order valence-corrected chi connectivity index (χ2v) is 11.1. The number of amides is 2. The summed E-state index contributed by atoms with van der Waals surface area (Å²) in [5.41, 5.74) is 2.72. The molecule has 0 aliphatic carbocycles. The number of anilines is 1. The van der Waals surface area contributed by atoms with Gasteiger partial charge in [0.2, 0.25) is 21.8 Å². The number of aryl methyl sites for hydroxylation is 2. The van der Waals surface area contributed by atoms with Gasteiger partial charge in [0.1, 0.15) is 18.3 Å². The van der Waals surface area contributed by atoms with Gasteiger partial charge in [-0.2, -0.15) is 0 Å². The summed E-state index contributed by atoms with van der Waals surface area (Å²) in [5.74, 6) is 0.0968. The topological polar surface area (TPSA) is 96.0 Å². The number of carbonyl (C=O) groups excluding carboxylic acids is 2. The molecule has 35 heavy (non-hydrogen) atoms. The number of methoxy groups -OCH3 is 1. The fourth-order valence-electron chi connectivity index (χ4n) is 3.78. The van der Waals surface area contributed by atoms with Gasteiger partial charge in [0.25, 0.3) is 0 Å². The lowest BCUT2D eigenvalue weighted by atomic mass is 10.1. The Morgan fingerprint density at radius 1 is 1.03 bits per heavy atom. The van der Waals surface area contributed by atoms with Crippen LogP contribution in [0.3, 0.4) is 0 Å². The molecular formula is C26H37N3O5S. The molecule has 2 rings (SSSR count). The lowest BCUT2D eigenvalue weighted by molar-refractivity contribution is -0.139. The van der Waals surface area contributed by atoms with Crippen molar-refractivity contribution < 1.29 is 22.7 Å². The fraction of sp³-hybridized carbons (Fsp3) is 0.462. The number of para-hydroxylation sites is 1. The van der Waals surface area contributed by atoms with Crippen molar-refractivity contribution in [3.05, 3.63) is 59.2 Å². The normalized spacial score (nSPS) is 12.2. The highest BCUT2D eigenvalue weighted by Gasteiger charge is 2.31. The number of nitrogens with one attached hydrogen (secondary N) is 1. The zero-order valence-electron chi connectivity index (χ0n) is 21.7. The highest BCUT2D eigenvalue weighted by atomic mass is 32.2. The first-order valence-electron chi connectivity index (χ1n) is 11.6. The minimum absolute atomic E-state index is 0.122. The van der Waals surface area contributed by atoms with Crippen LogP contribution < -0.4 is 14.4 Å². The molecule has 0 radical (unpaired) electrons. The van der Waals surface area contributed by atoms with Crippen molar-refractivity contribution in [1.29, 1.82) is 0 Å². The van der Waals surface area contributed by atoms with Crippen molar-refractivity contribution >= 4 is 27.5 Å². The van der Waals surface area contributed by atoms with E-state index in [4.69, 9.17) is 4.74 Å². The van der Waals surface area contributed by atoms with Crippen LogP contribution in [-0.2, 0) is 26.2 Å². The van der Waals surface area contributed by atoms with Gasteiger partial charge in [0.15, 0.2) is 0 Å². The molecule has 0 aliphatic heterocycles. The van der Waals surface area contributed by atoms with E-state index >= 15 is 0 Å². The predicted octanol–water partition coefficient (Wildman–Crippen LogP) is 3.27. The molecule has 0 aromatic heterocycles. The molecular weight excluding hydrogens is 466 g/mol. The first-order valence-corrected chi connectivity index (χ1v) is 13.4. The summed E-state index contributed by atoms with van der Waals surface area (Å²) >= 11 is 0. The van der Waals surface area contributed by atoms with Crippen LogP contribution in [0, 0.1) is 19.8 Å². The summed E-state index contributed by atoms with van der Waals surface area (Å²) in [4.78, 5) is 28.0. The SMILES string of the molecule is COc1cccc(CN(C(=O)CN(c2c(C)cccc2C)S(C)(=O)=O)[C@H](C)C(=O)NCC(C)C)c1. The van der Waals surface area contributed by atoms with Gasteiger partial charge in [-0.3, -0.25) is 13.9 Å². The van der Waals surface area contributed by atoms with Gasteiger partial charge in [-0.25, -0.2) is 8.42 Å². The minimum Gasteiger partial charge on any atom is -0.497 e. The second kappa shape index (κ2) is 12.1. The third-order valence-electron chi connectivity index (χ3n) is 5.71. The third-order valence-corrected chi connectivity index (χ3v) is 6.82. The lowest BCUT2D eigenvalue weighted by Crippen LogP contribution is -2.51. The summed E-state index contributed by atoms with van der Waals surface area (Å²) < 4.78 is 32.0. The number of benzene rings is 2. The Kier molecular flexibility index (Phi) is 9.71. The molecule has 0 bridgehead atoms. The average molecular weight is 504 g/mol. The van der Waals surface area contributed by atoms with Crippen LogP contribution in [-0.4, -0.2) is 57.6 Å². The molecule has 2 aromatic carbocycles. The number of hydrogen-bond acceptors (Lipinski definition) is 5. The molecule has 0 saturated heterocycles. The molecule has 0 unspecified atom stereocenters. The largest absolute Gasteiger partial charge is 0.497 e. The highest BCUT2D eigenvalue weighted by molar-refractivity contribution is 7.92. The van der Waals surface area contributed by atoms with Gasteiger partial charge in [-0.05, 0) is 55.5 Å². The van der Waals surface area contributed by atoms with E-state index in [0.29, 0.717) is 18.0 Å². The van der Waals surface area contributed by atoms with Crippen LogP contribution in [0.1, 0.15) is 37.5 Å². The first-order chi connectivity index (χ1) is 16.3. The summed E-state index contributed by atoms with van der Waals surface area (Å²) in [6.07, 6.45) is 1.08. The maximum atomic E-state index is 13.6. The highest BCUT2D eigenvalue weighted by Crippen LogP contribution is 2.27. The number of hydrogen-bond donors (Lipinski definition) is 1. The minimum atomic E-state index is -3.78. The van der Waals surface area contributed by atoms with Crippen molar-refractivity contribution in [2.24, 2.45) is 5.92 Å². The van der Waals surface area contributed by atoms with Crippen LogP contribution in [0.2, 0.25) is 0 Å². The van der Waals surface area contributed by atoms with E-state index in [1.54, 1.807) is 58.2 Å². The van der Waals surface area contributed by atoms with E-state index in [0.717, 1.165) is 27.3 Å². The van der Waals surface area contributed by atoms with E-state index in [9.17, 15) is 18.0 Å². The standard InChI is InChI=1S/C26H37N3O5S/c1-18(2)15-27-26(31)21(5)28(16-22-12-9-13-23(14-22)34-6)24(30)17-29(35(7,32)33)25-19(3)10-8-11-20(25)4/h8-14,18,21H,15-17H2,1-7H3,(H,27,31)/t21-/m1/s1. The Bertz CT molecular complexity index is 1130. The van der Waals surface area contributed by atoms with E-state index in [-0.39, 0.29) is 18.4 Å². The number of nitrogens with zero attached hydrogens (tertiary/aromatic N) is 2. The summed E-state index contributed by atoms with van der Waals surface area (Å²) in [6, 6.07) is 11.9. The van der Waals surface area contributed by atoms with E-state index in [1.807, 2.05) is 26.0 Å². The number of carbonyl (C=O) groups is 2. The molecule has 0 saturated carbocycles. The molecule has 2 amide bonds. The van der Waals surface area contributed by atoms with Gasteiger partial charge in [0, 0.05) is 13.1 Å². The molecule has 0 aliphatic rings. The molecule has 192 valence electrons. The second-order valence-electron chi connectivity index (χ2n) is 9.20. The van der Waals surface area contributed by atoms with E-state index in [1.165, 1.54) is 4.90 Å². The maximum Gasteiger partial charge on any atom is 0.244 e. The molecule has 9 heteroatoms. The first kappa shape index (κ1) is 28.2. The Balaban J connectivity index is 2.44. The Labute approximate surface area is 209 Å². The molecule has 1 atom stereocenters. The van der Waals surface area contributed by atoms with Gasteiger partial charge in [-0.15, -0.1) is 0 Å². The zero-order chi connectivity index (χ0) is 26.3. The van der Waals surface area contributed by atoms with Gasteiger partial charge in [-0.1, -0.05) is 44.2 Å². The lowest BCUT2D eigenvalue weighted by Gasteiger charge is -2.32. The summed E-state index contributed by atoms with van der Waals surface area (Å²) in [6.45, 7) is 9.41. The van der Waals surface area contributed by atoms with Crippen molar-refractivity contribution in [1.82, 2.24) is 10.2 Å². The number of rotatable bonds is 11. The van der Waals surface area contributed by atoms with Gasteiger partial charge < -0.3 is 15.0 Å². The van der Waals surface area contributed by atoms with Crippen LogP contribution >= 0.6 is 0 Å². The Morgan fingerprint density at radius 2 is 1.63 bits per heavy atom. The fourth-order valence-corrected chi connectivity index (χ4v) is 4.74. The van der Waals surface area contributed by atoms with E-state index in [2.05, 4.69) is 5.32 Å². The van der Waals surface area contributed by atoms with E-state index < -0.39 is 28.5 Å². The molecule has 0 fully saturated rings. The van der Waals surface area contributed by atoms with Crippen molar-refractivity contribution in [3.63, 3.8) is 0 Å². The van der Waals surface area contributed by atoms with Gasteiger partial charge in [0.05, 0.1) is 19.1 Å². The summed E-state index contributed by atoms with van der Waals surface area (Å²) in [7, 11) is -2.22. The molecule has 2 aromatic rings. The van der Waals surface area contributed by atoms with Crippen molar-refractivity contribution in [2.75, 3.05) is 30.8 Å². The summed E-state index contributed by atoms with van der Waals surface area (Å²) in [5, 5.41) is 2.87. The number of sulfonamides is 1. The zero-order valence-corrected chi connectivity index (χ0v) is 22.5. The van der Waals surface area contributed by atoms with Crippen LogP contribution in [0.15, 0.2) is 42.5 Å². The Hall–Kier alpha value is -3.07. The molecule has 0 heterocycles. The van der Waals surface area contributed by atoms with Crippen LogP contribution in [0.25, 0.3) is 0 Å². The monoisotopic (exact) mass is 503 g/mol. The van der Waals surface area contributed by atoms with Crippen molar-refractivity contribution in [3.8, 4) is 5.75 Å². The quantitative estimate of drug-likeness (QED) is 0.508. The molecule has 8 nitrogen and oxygen atoms in total. The third kappa shape index (κ3) is 7.71. The van der Waals surface area contributed by atoms with Crippen molar-refractivity contribution in [2.45, 2.75) is 47.2 Å². The maximum absolute atomic E-state index is 13.6. The predicted molar refractivity (Wildman–Crippen MR) is 139 cm³/mol. The average Bonchev–Trinajstić information content (AvgIpc) is 2.79. The number of ether oxygens (including phenoxy) is 1. The molecule has 1 N–H and O–H groups in total. The van der Waals surface area contributed by atoms with Gasteiger partial charge >= 0.3 is 0 Å². The van der Waals surface area contributed by atoms with Crippen LogP contribution in [0.4, 0.5) is 5.69 Å². The Morgan fingerprint density at radius 3 is 2.17 bits per heavy atom. The molecule has 0 spiro atoms. The van der Waals surface area contributed by atoms with Crippen LogP contribution in [0.5, 0.6) is 5.75 Å².